The van der Waals surface area contributed by atoms with Crippen LogP contribution in [-0.4, -0.2) is 25.0 Å². The van der Waals surface area contributed by atoms with Crippen molar-refractivity contribution in [3.63, 3.8) is 0 Å². The largest absolute Gasteiger partial charge is 0.494 e. The standard InChI is InChI=1S/C28H28N2O3/c1-5-29(22-10-8-7-9-11-22)26-25(21-13-16-24(17-14-21)33-6-2)27(31)30(28(26)32)23-15-12-19(3)20(4)18-23/h7-18H,5-6H2,1-4H3. The van der Waals surface area contributed by atoms with Crippen molar-refractivity contribution < 1.29 is 14.3 Å². The molecule has 5 heteroatoms. The number of hydrogen-bond donors (Lipinski definition) is 0. The van der Waals surface area contributed by atoms with E-state index in [1.165, 1.54) is 4.90 Å². The second kappa shape index (κ2) is 9.33. The summed E-state index contributed by atoms with van der Waals surface area (Å²) in [6.45, 7) is 8.99. The number of anilines is 2. The van der Waals surface area contributed by atoms with Gasteiger partial charge in [0.25, 0.3) is 11.8 Å². The third-order valence-electron chi connectivity index (χ3n) is 5.92. The highest BCUT2D eigenvalue weighted by atomic mass is 16.5. The summed E-state index contributed by atoms with van der Waals surface area (Å²) in [5.74, 6) is 0.0798. The average molecular weight is 441 g/mol. The lowest BCUT2D eigenvalue weighted by Gasteiger charge is -2.25. The number of benzene rings is 3. The Morgan fingerprint density at radius 2 is 1.52 bits per heavy atom. The van der Waals surface area contributed by atoms with Gasteiger partial charge in [0, 0.05) is 12.2 Å². The molecular weight excluding hydrogens is 412 g/mol. The first-order valence-corrected chi connectivity index (χ1v) is 11.2. The van der Waals surface area contributed by atoms with E-state index in [0.29, 0.717) is 35.7 Å². The van der Waals surface area contributed by atoms with Gasteiger partial charge in [0.2, 0.25) is 0 Å². The molecule has 0 aliphatic carbocycles. The smallest absolute Gasteiger partial charge is 0.282 e. The molecule has 3 aromatic carbocycles. The van der Waals surface area contributed by atoms with E-state index in [2.05, 4.69) is 0 Å². The molecule has 0 radical (unpaired) electrons. The Bertz CT molecular complexity index is 1210. The van der Waals surface area contributed by atoms with Crippen LogP contribution in [0.1, 0.15) is 30.5 Å². The maximum absolute atomic E-state index is 13.8. The van der Waals surface area contributed by atoms with Crippen LogP contribution >= 0.6 is 0 Å². The fourth-order valence-corrected chi connectivity index (χ4v) is 4.09. The predicted molar refractivity (Wildman–Crippen MR) is 132 cm³/mol. The van der Waals surface area contributed by atoms with Crippen LogP contribution in [0.2, 0.25) is 0 Å². The molecule has 0 saturated carbocycles. The van der Waals surface area contributed by atoms with Gasteiger partial charge in [-0.2, -0.15) is 0 Å². The van der Waals surface area contributed by atoms with E-state index in [4.69, 9.17) is 4.74 Å². The first-order chi connectivity index (χ1) is 16.0. The minimum Gasteiger partial charge on any atom is -0.494 e. The van der Waals surface area contributed by atoms with Crippen LogP contribution in [0, 0.1) is 13.8 Å². The van der Waals surface area contributed by atoms with E-state index < -0.39 is 0 Å². The second-order valence-corrected chi connectivity index (χ2v) is 7.98. The highest BCUT2D eigenvalue weighted by Crippen LogP contribution is 2.37. The average Bonchev–Trinajstić information content (AvgIpc) is 3.08. The maximum Gasteiger partial charge on any atom is 0.282 e. The molecule has 0 atom stereocenters. The molecule has 0 saturated heterocycles. The number of ether oxygens (including phenoxy) is 1. The summed E-state index contributed by atoms with van der Waals surface area (Å²) >= 11 is 0. The first-order valence-electron chi connectivity index (χ1n) is 11.2. The fourth-order valence-electron chi connectivity index (χ4n) is 4.09. The van der Waals surface area contributed by atoms with Gasteiger partial charge in [-0.1, -0.05) is 36.4 Å². The van der Waals surface area contributed by atoms with E-state index in [1.54, 1.807) is 0 Å². The number of likely N-dealkylation sites (N-methyl/N-ethyl adjacent to an activating group) is 1. The van der Waals surface area contributed by atoms with Crippen molar-refractivity contribution in [2.45, 2.75) is 27.7 Å². The SMILES string of the molecule is CCOc1ccc(C2=C(N(CC)c3ccccc3)C(=O)N(c3ccc(C)c(C)c3)C2=O)cc1. The van der Waals surface area contributed by atoms with Gasteiger partial charge in [0.1, 0.15) is 11.4 Å². The minimum atomic E-state index is -0.322. The number of nitrogens with zero attached hydrogens (tertiary/aromatic N) is 2. The maximum atomic E-state index is 13.8. The summed E-state index contributed by atoms with van der Waals surface area (Å²) in [6.07, 6.45) is 0. The summed E-state index contributed by atoms with van der Waals surface area (Å²) < 4.78 is 5.56. The molecule has 0 bridgehead atoms. The van der Waals surface area contributed by atoms with Crippen LogP contribution < -0.4 is 14.5 Å². The topological polar surface area (TPSA) is 49.9 Å². The first kappa shape index (κ1) is 22.3. The molecule has 1 aliphatic heterocycles. The van der Waals surface area contributed by atoms with Gasteiger partial charge in [0.05, 0.1) is 17.9 Å². The minimum absolute atomic E-state index is 0.321. The van der Waals surface area contributed by atoms with Gasteiger partial charge in [-0.15, -0.1) is 0 Å². The number of carbonyl (C=O) groups excluding carboxylic acids is 2. The van der Waals surface area contributed by atoms with Crippen LogP contribution in [-0.2, 0) is 9.59 Å². The summed E-state index contributed by atoms with van der Waals surface area (Å²) in [4.78, 5) is 30.8. The zero-order valence-electron chi connectivity index (χ0n) is 19.5. The quantitative estimate of drug-likeness (QED) is 0.455. The molecule has 0 N–H and O–H groups in total. The fraction of sp³-hybridized carbons (Fsp3) is 0.214. The molecule has 0 spiro atoms. The molecule has 3 aromatic rings. The van der Waals surface area contributed by atoms with E-state index in [1.807, 2.05) is 105 Å². The Hall–Kier alpha value is -3.86. The van der Waals surface area contributed by atoms with Crippen molar-refractivity contribution in [3.8, 4) is 5.75 Å². The predicted octanol–water partition coefficient (Wildman–Crippen LogP) is 5.51. The second-order valence-electron chi connectivity index (χ2n) is 7.98. The van der Waals surface area contributed by atoms with Gasteiger partial charge in [0.15, 0.2) is 0 Å². The van der Waals surface area contributed by atoms with Crippen molar-refractivity contribution in [1.82, 2.24) is 0 Å². The molecule has 0 fully saturated rings. The van der Waals surface area contributed by atoms with Crippen LogP contribution in [0.3, 0.4) is 0 Å². The van der Waals surface area contributed by atoms with E-state index in [0.717, 1.165) is 22.6 Å². The number of carbonyl (C=O) groups is 2. The Balaban J connectivity index is 1.87. The number of para-hydroxylation sites is 1. The summed E-state index contributed by atoms with van der Waals surface area (Å²) in [6, 6.07) is 22.7. The number of rotatable bonds is 7. The lowest BCUT2D eigenvalue weighted by Crippen LogP contribution is -2.35. The van der Waals surface area contributed by atoms with E-state index in [9.17, 15) is 9.59 Å². The molecule has 4 rings (SSSR count). The Kier molecular flexibility index (Phi) is 6.31. The lowest BCUT2D eigenvalue weighted by molar-refractivity contribution is -0.120. The van der Waals surface area contributed by atoms with Gasteiger partial charge < -0.3 is 9.64 Å². The molecule has 33 heavy (non-hydrogen) atoms. The Morgan fingerprint density at radius 3 is 2.12 bits per heavy atom. The molecule has 168 valence electrons. The van der Waals surface area contributed by atoms with Crippen molar-refractivity contribution in [3.05, 3.63) is 95.2 Å². The third kappa shape index (κ3) is 4.14. The molecule has 1 aliphatic rings. The number of hydrogen-bond acceptors (Lipinski definition) is 4. The molecule has 5 nitrogen and oxygen atoms in total. The van der Waals surface area contributed by atoms with Crippen molar-refractivity contribution in [2.24, 2.45) is 0 Å². The number of amides is 2. The highest BCUT2D eigenvalue weighted by molar-refractivity contribution is 6.46. The van der Waals surface area contributed by atoms with Gasteiger partial charge in [-0.25, -0.2) is 4.90 Å². The van der Waals surface area contributed by atoms with Crippen molar-refractivity contribution >= 4 is 28.8 Å². The van der Waals surface area contributed by atoms with Crippen molar-refractivity contribution in [1.29, 1.82) is 0 Å². The van der Waals surface area contributed by atoms with Gasteiger partial charge >= 0.3 is 0 Å². The van der Waals surface area contributed by atoms with Gasteiger partial charge in [-0.3, -0.25) is 9.59 Å². The van der Waals surface area contributed by atoms with E-state index >= 15 is 0 Å². The molecule has 1 heterocycles. The third-order valence-corrected chi connectivity index (χ3v) is 5.92. The van der Waals surface area contributed by atoms with Crippen LogP contribution in [0.15, 0.2) is 78.5 Å². The molecule has 0 unspecified atom stereocenters. The molecule has 0 aromatic heterocycles. The normalized spacial score (nSPS) is 13.6. The highest BCUT2D eigenvalue weighted by Gasteiger charge is 2.42. The Morgan fingerprint density at radius 1 is 0.818 bits per heavy atom. The summed E-state index contributed by atoms with van der Waals surface area (Å²) in [7, 11) is 0. The lowest BCUT2D eigenvalue weighted by atomic mass is 10.0. The summed E-state index contributed by atoms with van der Waals surface area (Å²) in [5.41, 5.74) is 5.05. The molecular formula is C28H28N2O3. The van der Waals surface area contributed by atoms with Crippen LogP contribution in [0.4, 0.5) is 11.4 Å². The number of imide groups is 1. The monoisotopic (exact) mass is 440 g/mol. The van der Waals surface area contributed by atoms with Crippen LogP contribution in [0.25, 0.3) is 5.57 Å². The van der Waals surface area contributed by atoms with Gasteiger partial charge in [-0.05, 0) is 80.8 Å². The van der Waals surface area contributed by atoms with Crippen molar-refractivity contribution in [2.75, 3.05) is 23.0 Å². The zero-order chi connectivity index (χ0) is 23.5. The number of aryl methyl sites for hydroxylation is 2. The van der Waals surface area contributed by atoms with E-state index in [-0.39, 0.29) is 11.8 Å². The summed E-state index contributed by atoms with van der Waals surface area (Å²) in [5, 5.41) is 0. The van der Waals surface area contributed by atoms with Crippen LogP contribution in [0.5, 0.6) is 5.75 Å². The zero-order valence-corrected chi connectivity index (χ0v) is 19.5. The Labute approximate surface area is 194 Å². The molecule has 2 amide bonds.